The number of carbonyl (C=O) groups excluding carboxylic acids is 1. The van der Waals surface area contributed by atoms with Crippen molar-refractivity contribution in [3.63, 3.8) is 0 Å². The van der Waals surface area contributed by atoms with Crippen LogP contribution in [-0.2, 0) is 6.42 Å². The van der Waals surface area contributed by atoms with Crippen molar-refractivity contribution in [1.82, 2.24) is 10.2 Å². The molecule has 0 spiro atoms. The number of amides is 2. The van der Waals surface area contributed by atoms with Gasteiger partial charge in [0.2, 0.25) is 0 Å². The molecule has 2 amide bonds. The van der Waals surface area contributed by atoms with Crippen molar-refractivity contribution >= 4 is 6.03 Å². The van der Waals surface area contributed by atoms with E-state index in [1.54, 1.807) is 0 Å². The molecular weight excluding hydrogens is 276 g/mol. The number of urea groups is 1. The molecule has 2 rings (SSSR count). The number of aliphatic hydroxyl groups excluding tert-OH is 1. The minimum Gasteiger partial charge on any atom is -0.396 e. The molecule has 1 aromatic carbocycles. The van der Waals surface area contributed by atoms with E-state index in [1.165, 1.54) is 11.1 Å². The first-order valence-electron chi connectivity index (χ1n) is 8.15. The first kappa shape index (κ1) is 16.8. The molecule has 0 saturated carbocycles. The summed E-state index contributed by atoms with van der Waals surface area (Å²) in [6.45, 7) is 7.76. The minimum absolute atomic E-state index is 0.0231. The van der Waals surface area contributed by atoms with E-state index in [-0.39, 0.29) is 24.1 Å². The van der Waals surface area contributed by atoms with Gasteiger partial charge in [-0.05, 0) is 35.8 Å². The molecule has 0 fully saturated rings. The Kier molecular flexibility index (Phi) is 5.46. The topological polar surface area (TPSA) is 52.6 Å². The van der Waals surface area contributed by atoms with Crippen LogP contribution in [0.3, 0.4) is 0 Å². The maximum atomic E-state index is 12.6. The first-order valence-corrected chi connectivity index (χ1v) is 8.15. The Balaban J connectivity index is 2.02. The van der Waals surface area contributed by atoms with Crippen LogP contribution in [0.15, 0.2) is 24.3 Å². The minimum atomic E-state index is -0.0231. The second-order valence-corrected chi connectivity index (χ2v) is 7.30. The third-order valence-corrected chi connectivity index (χ3v) is 3.97. The summed E-state index contributed by atoms with van der Waals surface area (Å²) >= 11 is 0. The molecule has 0 saturated heterocycles. The molecule has 1 aromatic rings. The lowest BCUT2D eigenvalue weighted by Crippen LogP contribution is -2.45. The van der Waals surface area contributed by atoms with Crippen molar-refractivity contribution in [2.24, 2.45) is 5.41 Å². The Morgan fingerprint density at radius 3 is 2.77 bits per heavy atom. The van der Waals surface area contributed by atoms with Crippen molar-refractivity contribution in [1.29, 1.82) is 0 Å². The van der Waals surface area contributed by atoms with Gasteiger partial charge >= 0.3 is 6.03 Å². The summed E-state index contributed by atoms with van der Waals surface area (Å²) in [6.07, 6.45) is 2.61. The van der Waals surface area contributed by atoms with Crippen LogP contribution in [0.4, 0.5) is 4.79 Å². The zero-order valence-electron chi connectivity index (χ0n) is 13.9. The number of nitrogens with zero attached hydrogens (tertiary/aromatic N) is 1. The Labute approximate surface area is 133 Å². The lowest BCUT2D eigenvalue weighted by molar-refractivity contribution is 0.161. The Hall–Kier alpha value is -1.55. The summed E-state index contributed by atoms with van der Waals surface area (Å²) in [6, 6.07) is 8.42. The zero-order valence-corrected chi connectivity index (χ0v) is 13.9. The number of hydrogen-bond donors (Lipinski definition) is 2. The van der Waals surface area contributed by atoms with Gasteiger partial charge in [0.05, 0.1) is 6.04 Å². The fourth-order valence-corrected chi connectivity index (χ4v) is 3.03. The van der Waals surface area contributed by atoms with E-state index in [2.05, 4.69) is 44.3 Å². The highest BCUT2D eigenvalue weighted by atomic mass is 16.3. The standard InChI is InChI=1S/C18H28N2O2/c1-18(2,3)13-20(11-6-12-21)17(22)19-16-10-9-14-7-4-5-8-15(14)16/h4-5,7-8,16,21H,6,9-13H2,1-3H3,(H,19,22). The first-order chi connectivity index (χ1) is 10.4. The van der Waals surface area contributed by atoms with Crippen LogP contribution in [0.5, 0.6) is 0 Å². The van der Waals surface area contributed by atoms with Gasteiger partial charge in [0.1, 0.15) is 0 Å². The fourth-order valence-electron chi connectivity index (χ4n) is 3.03. The molecule has 0 aromatic heterocycles. The predicted molar refractivity (Wildman–Crippen MR) is 88.8 cm³/mol. The Bertz CT molecular complexity index is 508. The summed E-state index contributed by atoms with van der Waals surface area (Å²) in [5.41, 5.74) is 2.62. The lowest BCUT2D eigenvalue weighted by atomic mass is 9.96. The van der Waals surface area contributed by atoms with Gasteiger partial charge in [-0.3, -0.25) is 0 Å². The van der Waals surface area contributed by atoms with Crippen LogP contribution >= 0.6 is 0 Å². The van der Waals surface area contributed by atoms with Crippen molar-refractivity contribution in [3.8, 4) is 0 Å². The normalized spacial score (nSPS) is 17.2. The van der Waals surface area contributed by atoms with Crippen molar-refractivity contribution in [3.05, 3.63) is 35.4 Å². The molecule has 4 nitrogen and oxygen atoms in total. The van der Waals surface area contributed by atoms with Gasteiger partial charge in [0.15, 0.2) is 0 Å². The molecule has 0 heterocycles. The van der Waals surface area contributed by atoms with Crippen molar-refractivity contribution in [2.75, 3.05) is 19.7 Å². The lowest BCUT2D eigenvalue weighted by Gasteiger charge is -2.31. The molecule has 1 unspecified atom stereocenters. The molecule has 1 aliphatic carbocycles. The average molecular weight is 304 g/mol. The van der Waals surface area contributed by atoms with E-state index in [0.29, 0.717) is 19.5 Å². The van der Waals surface area contributed by atoms with E-state index >= 15 is 0 Å². The van der Waals surface area contributed by atoms with Crippen LogP contribution < -0.4 is 5.32 Å². The molecule has 0 bridgehead atoms. The number of aryl methyl sites for hydroxylation is 1. The highest BCUT2D eigenvalue weighted by Crippen LogP contribution is 2.31. The summed E-state index contributed by atoms with van der Waals surface area (Å²) in [5, 5.41) is 12.2. The quantitative estimate of drug-likeness (QED) is 0.878. The van der Waals surface area contributed by atoms with Gasteiger partial charge in [0, 0.05) is 19.7 Å². The maximum absolute atomic E-state index is 12.6. The van der Waals surface area contributed by atoms with Crippen LogP contribution in [-0.4, -0.2) is 35.7 Å². The van der Waals surface area contributed by atoms with Crippen molar-refractivity contribution in [2.45, 2.75) is 46.1 Å². The monoisotopic (exact) mass is 304 g/mol. The summed E-state index contributed by atoms with van der Waals surface area (Å²) in [7, 11) is 0. The smallest absolute Gasteiger partial charge is 0.317 e. The predicted octanol–water partition coefficient (Wildman–Crippen LogP) is 3.11. The highest BCUT2D eigenvalue weighted by molar-refractivity contribution is 5.75. The number of carbonyl (C=O) groups is 1. The van der Waals surface area contributed by atoms with E-state index < -0.39 is 0 Å². The molecule has 4 heteroatoms. The zero-order chi connectivity index (χ0) is 16.2. The van der Waals surface area contributed by atoms with Crippen LogP contribution in [0, 0.1) is 5.41 Å². The highest BCUT2D eigenvalue weighted by Gasteiger charge is 2.27. The molecule has 0 radical (unpaired) electrons. The number of rotatable bonds is 5. The number of fused-ring (bicyclic) bond motifs is 1. The molecule has 2 N–H and O–H groups in total. The van der Waals surface area contributed by atoms with Crippen LogP contribution in [0.25, 0.3) is 0 Å². The molecule has 22 heavy (non-hydrogen) atoms. The summed E-state index contributed by atoms with van der Waals surface area (Å²) < 4.78 is 0. The molecular formula is C18H28N2O2. The number of benzene rings is 1. The van der Waals surface area contributed by atoms with Gasteiger partial charge in [-0.2, -0.15) is 0 Å². The van der Waals surface area contributed by atoms with Gasteiger partial charge in [-0.25, -0.2) is 4.79 Å². The largest absolute Gasteiger partial charge is 0.396 e. The van der Waals surface area contributed by atoms with E-state index in [9.17, 15) is 4.79 Å². The molecule has 1 aliphatic rings. The van der Waals surface area contributed by atoms with Crippen LogP contribution in [0.1, 0.15) is 50.8 Å². The Morgan fingerprint density at radius 2 is 2.09 bits per heavy atom. The molecule has 122 valence electrons. The van der Waals surface area contributed by atoms with Crippen LogP contribution in [0.2, 0.25) is 0 Å². The van der Waals surface area contributed by atoms with Crippen molar-refractivity contribution < 1.29 is 9.90 Å². The third-order valence-electron chi connectivity index (χ3n) is 3.97. The summed E-state index contributed by atoms with van der Waals surface area (Å²) in [5.74, 6) is 0. The van der Waals surface area contributed by atoms with Gasteiger partial charge < -0.3 is 15.3 Å². The molecule has 0 aliphatic heterocycles. The molecule has 1 atom stereocenters. The van der Waals surface area contributed by atoms with Gasteiger partial charge in [-0.15, -0.1) is 0 Å². The Morgan fingerprint density at radius 1 is 1.36 bits per heavy atom. The SMILES string of the molecule is CC(C)(C)CN(CCCO)C(=O)NC1CCc2ccccc21. The fraction of sp³-hybridized carbons (Fsp3) is 0.611. The van der Waals surface area contributed by atoms with E-state index in [0.717, 1.165) is 12.8 Å². The third kappa shape index (κ3) is 4.47. The second kappa shape index (κ2) is 7.14. The average Bonchev–Trinajstić information content (AvgIpc) is 2.85. The number of nitrogens with one attached hydrogen (secondary N) is 1. The maximum Gasteiger partial charge on any atom is 0.317 e. The van der Waals surface area contributed by atoms with Gasteiger partial charge in [-0.1, -0.05) is 45.0 Å². The van der Waals surface area contributed by atoms with Gasteiger partial charge in [0.25, 0.3) is 0 Å². The number of hydrogen-bond acceptors (Lipinski definition) is 2. The van der Waals surface area contributed by atoms with E-state index in [4.69, 9.17) is 5.11 Å². The second-order valence-electron chi connectivity index (χ2n) is 7.30. The van der Waals surface area contributed by atoms with E-state index in [1.807, 2.05) is 11.0 Å². The summed E-state index contributed by atoms with van der Waals surface area (Å²) in [4.78, 5) is 14.5. The number of aliphatic hydroxyl groups is 1.